The zero-order valence-corrected chi connectivity index (χ0v) is 62.6. The van der Waals surface area contributed by atoms with E-state index in [4.69, 9.17) is 0 Å². The van der Waals surface area contributed by atoms with Crippen LogP contribution in [0.1, 0.15) is 351 Å². The topological polar surface area (TPSA) is 50.6 Å². The Morgan fingerprint density at radius 1 is 0.264 bits per heavy atom. The molecule has 0 atom stereocenters. The van der Waals surface area contributed by atoms with Crippen LogP contribution in [-0.4, -0.2) is 9.39 Å². The molecule has 0 bridgehead atoms. The van der Waals surface area contributed by atoms with E-state index in [-0.39, 0.29) is 36.9 Å². The minimum atomic E-state index is 0. The van der Waals surface area contributed by atoms with Gasteiger partial charge in [0, 0.05) is 65.0 Å². The van der Waals surface area contributed by atoms with Crippen LogP contribution in [0.15, 0.2) is 119 Å². The van der Waals surface area contributed by atoms with Gasteiger partial charge in [-0.1, -0.05) is 265 Å². The second-order valence-electron chi connectivity index (χ2n) is 25.9. The molecule has 0 spiro atoms. The standard InChI is InChI=1S/C40H60N2.C37H54N2.2C4H9.Ni.Pd/c1-5-9-13-15-17-19-23-33-28-30-35(31-29-33)39-37(26-12-8-4)38(27-20-18-16-14-10-6-2)40(42(39)41)36-25-21-24-34(32-36)22-11-7-3;1-5-9-13-14-15-17-20-30-25-27-32(28-26-30)36-34(23-12-8-4)35(24-16-10-6-2)37(39(36)38)33-22-18-21-31(29-33)19-11-7-3;2*1-3-4-2;;/h21,24-25,28-32H,5-20,22-23,26-27H2,1-4H3;18,21-22,25-29H,5-17,19-20,23-24H2,1-4H3;2*1,3-4H2,2H3;;/q;;2*-1;+2;. The van der Waals surface area contributed by atoms with Gasteiger partial charge in [-0.3, -0.25) is 0 Å². The van der Waals surface area contributed by atoms with Crippen LogP contribution in [0.5, 0.6) is 0 Å². The summed E-state index contributed by atoms with van der Waals surface area (Å²) in [4.78, 5) is 0. The van der Waals surface area contributed by atoms with Crippen LogP contribution in [0, 0.1) is 13.8 Å². The second kappa shape index (κ2) is 54.4. The summed E-state index contributed by atoms with van der Waals surface area (Å²) in [6.07, 6.45) is 49.8. The second-order valence-corrected chi connectivity index (χ2v) is 25.9. The van der Waals surface area contributed by atoms with Gasteiger partial charge in [0.05, 0.1) is 0 Å². The fourth-order valence-electron chi connectivity index (χ4n) is 12.3. The van der Waals surface area contributed by atoms with Crippen molar-refractivity contribution in [2.75, 3.05) is 0 Å². The van der Waals surface area contributed by atoms with Crippen molar-refractivity contribution < 1.29 is 46.3 Å². The zero-order chi connectivity index (χ0) is 64.7. The first-order chi connectivity index (χ1) is 43.6. The molecule has 0 saturated heterocycles. The molecule has 0 amide bonds. The largest absolute Gasteiger partial charge is 2.00 e. The minimum absolute atomic E-state index is 0. The fraction of sp³-hybridized carbons (Fsp3) is 0.600. The summed E-state index contributed by atoms with van der Waals surface area (Å²) in [7, 11) is 0. The SMILES string of the molecule is CCCCCCCCC1=C(c2cccc(CCCC)c2)[N+](=[N-])C(c2ccc(CCCCCCCC)cc2)=C1CCCC.CCCCCCCCc1ccc(C2=C(CCCC)C(CCCCC)=C(c3cccc(CCCC)c3)[N+]2=[N-])cc1.[CH2-]CCC.[CH2-]CCC.[Ni+2].[Pd]. The predicted molar refractivity (Wildman–Crippen MR) is 394 cm³/mol. The third-order valence-electron chi connectivity index (χ3n) is 17.9. The first-order valence-electron chi connectivity index (χ1n) is 37.5. The maximum absolute atomic E-state index is 12.0. The summed E-state index contributed by atoms with van der Waals surface area (Å²) in [5.41, 5.74) is 43.5. The van der Waals surface area contributed by atoms with Crippen molar-refractivity contribution in [3.8, 4) is 0 Å². The van der Waals surface area contributed by atoms with Gasteiger partial charge >= 0.3 is 16.5 Å². The van der Waals surface area contributed by atoms with Crippen molar-refractivity contribution in [1.82, 2.24) is 0 Å². The van der Waals surface area contributed by atoms with Crippen LogP contribution in [0.3, 0.4) is 0 Å². The minimum Gasteiger partial charge on any atom is -0.493 e. The smallest absolute Gasteiger partial charge is 0.493 e. The molecule has 0 aliphatic carbocycles. The number of benzene rings is 4. The first kappa shape index (κ1) is 85.2. The molecule has 91 heavy (non-hydrogen) atoms. The van der Waals surface area contributed by atoms with Gasteiger partial charge in [0.15, 0.2) is 0 Å². The maximum atomic E-state index is 12.0. The van der Waals surface area contributed by atoms with Crippen molar-refractivity contribution >= 4 is 22.8 Å². The Hall–Kier alpha value is -3.80. The molecule has 2 aliphatic rings. The van der Waals surface area contributed by atoms with Crippen LogP contribution in [0.2, 0.25) is 0 Å². The van der Waals surface area contributed by atoms with E-state index in [1.54, 1.807) is 9.39 Å². The Kier molecular flexibility index (Phi) is 51.0. The van der Waals surface area contributed by atoms with Gasteiger partial charge in [-0.2, -0.15) is 12.8 Å². The molecule has 0 N–H and O–H groups in total. The monoisotopic (exact) mass is 1370 g/mol. The van der Waals surface area contributed by atoms with Crippen LogP contribution < -0.4 is 0 Å². The molecule has 4 nitrogen and oxygen atoms in total. The quantitative estimate of drug-likeness (QED) is 0.0184. The van der Waals surface area contributed by atoms with Crippen LogP contribution in [-0.2, 0) is 62.6 Å². The van der Waals surface area contributed by atoms with Gasteiger partial charge in [-0.05, 0) is 174 Å². The zero-order valence-electron chi connectivity index (χ0n) is 60.1. The number of allylic oxidation sites excluding steroid dienone is 4. The van der Waals surface area contributed by atoms with Gasteiger partial charge in [0.25, 0.3) is 0 Å². The Labute approximate surface area is 586 Å². The molecule has 0 unspecified atom stereocenters. The molecule has 0 saturated carbocycles. The molecule has 0 aromatic heterocycles. The van der Waals surface area contributed by atoms with Gasteiger partial charge in [-0.15, -0.1) is 0 Å². The molecule has 6 heteroatoms. The van der Waals surface area contributed by atoms with Gasteiger partial charge in [-0.25, -0.2) is 9.39 Å². The number of nitrogens with zero attached hydrogens (tertiary/aromatic N) is 4. The number of hydrogen-bond donors (Lipinski definition) is 0. The van der Waals surface area contributed by atoms with E-state index in [0.717, 1.165) is 135 Å². The van der Waals surface area contributed by atoms with E-state index in [9.17, 15) is 11.1 Å². The molecule has 0 radical (unpaired) electrons. The molecule has 6 rings (SSSR count). The first-order valence-corrected chi connectivity index (χ1v) is 37.5. The summed E-state index contributed by atoms with van der Waals surface area (Å²) in [5.74, 6) is 0. The summed E-state index contributed by atoms with van der Waals surface area (Å²) in [6, 6.07) is 36.1. The Morgan fingerprint density at radius 2 is 0.495 bits per heavy atom. The van der Waals surface area contributed by atoms with Gasteiger partial charge < -0.3 is 24.9 Å². The molecular formula is C85H132N4NiPd. The van der Waals surface area contributed by atoms with E-state index in [0.29, 0.717) is 0 Å². The van der Waals surface area contributed by atoms with Gasteiger partial charge in [0.1, 0.15) is 0 Å². The third kappa shape index (κ3) is 31.5. The number of rotatable bonds is 43. The van der Waals surface area contributed by atoms with Crippen molar-refractivity contribution in [2.45, 2.75) is 332 Å². The number of unbranched alkanes of at least 4 members (excludes halogenated alkanes) is 23. The van der Waals surface area contributed by atoms with E-state index >= 15 is 0 Å². The number of aryl methyl sites for hydroxylation is 4. The van der Waals surface area contributed by atoms with Crippen molar-refractivity contribution in [3.05, 3.63) is 189 Å². The fourth-order valence-corrected chi connectivity index (χ4v) is 12.3. The average Bonchev–Trinajstić information content (AvgIpc) is 1.65. The number of hydrogen-bond acceptors (Lipinski definition) is 0. The summed E-state index contributed by atoms with van der Waals surface area (Å²) >= 11 is 0. The van der Waals surface area contributed by atoms with E-state index in [1.807, 2.05) is 0 Å². The van der Waals surface area contributed by atoms with Crippen LogP contribution >= 0.6 is 0 Å². The summed E-state index contributed by atoms with van der Waals surface area (Å²) < 4.78 is 3.12. The van der Waals surface area contributed by atoms with E-state index in [1.165, 1.54) is 218 Å². The third-order valence-corrected chi connectivity index (χ3v) is 17.9. The molecule has 4 aromatic carbocycles. The maximum Gasteiger partial charge on any atom is 2.00 e. The van der Waals surface area contributed by atoms with E-state index < -0.39 is 0 Å². The van der Waals surface area contributed by atoms with Gasteiger partial charge in [0.2, 0.25) is 22.8 Å². The summed E-state index contributed by atoms with van der Waals surface area (Å²) in [5, 5.41) is 0. The van der Waals surface area contributed by atoms with Crippen molar-refractivity contribution in [3.63, 3.8) is 0 Å². The normalized spacial score (nSPS) is 12.8. The van der Waals surface area contributed by atoms with Crippen molar-refractivity contribution in [2.24, 2.45) is 0 Å². The van der Waals surface area contributed by atoms with E-state index in [2.05, 4.69) is 180 Å². The van der Waals surface area contributed by atoms with Crippen molar-refractivity contribution in [1.29, 1.82) is 0 Å². The predicted octanol–water partition coefficient (Wildman–Crippen LogP) is 28.2. The molecule has 512 valence electrons. The molecule has 4 aromatic rings. The Balaban J connectivity index is 0.000000799. The Morgan fingerprint density at radius 3 is 0.802 bits per heavy atom. The Bertz CT molecular complexity index is 2660. The molecule has 2 aliphatic heterocycles. The molecule has 0 fully saturated rings. The molecule has 2 heterocycles. The molecular weight excluding hydrogens is 1240 g/mol. The van der Waals surface area contributed by atoms with Crippen LogP contribution in [0.25, 0.3) is 33.9 Å². The average molecular weight is 1380 g/mol. The van der Waals surface area contributed by atoms with Crippen LogP contribution in [0.4, 0.5) is 0 Å². The summed E-state index contributed by atoms with van der Waals surface area (Å²) in [6.45, 7) is 29.6.